The summed E-state index contributed by atoms with van der Waals surface area (Å²) in [5.41, 5.74) is 6.33. The Labute approximate surface area is 153 Å². The zero-order valence-electron chi connectivity index (χ0n) is 15.0. The SMILES string of the molecule is NC1CCC(n2cc(C(=O)N[C@@H]3COC[C@H]3N3CCOCC3)nn2)CC1. The molecule has 144 valence electrons. The number of morpholine rings is 1. The lowest BCUT2D eigenvalue weighted by Crippen LogP contribution is -2.54. The predicted octanol–water partition coefficient (Wildman–Crippen LogP) is -0.450. The summed E-state index contributed by atoms with van der Waals surface area (Å²) in [7, 11) is 0. The quantitative estimate of drug-likeness (QED) is 0.745. The molecule has 1 aliphatic carbocycles. The summed E-state index contributed by atoms with van der Waals surface area (Å²) in [6.07, 6.45) is 5.72. The fourth-order valence-electron chi connectivity index (χ4n) is 4.12. The number of hydrogen-bond donors (Lipinski definition) is 2. The molecule has 4 rings (SSSR count). The van der Waals surface area contributed by atoms with E-state index < -0.39 is 0 Å². The van der Waals surface area contributed by atoms with Crippen molar-refractivity contribution in [1.29, 1.82) is 0 Å². The standard InChI is InChI=1S/C17H28N6O3/c18-12-1-3-13(4-2-12)23-9-14(20-21-23)17(24)19-15-10-26-11-16(15)22-5-7-25-8-6-22/h9,12-13,15-16H,1-8,10-11,18H2,(H,19,24)/t12?,13?,15-,16-/m1/s1. The van der Waals surface area contributed by atoms with E-state index in [1.807, 2.05) is 4.68 Å². The predicted molar refractivity (Wildman–Crippen MR) is 93.8 cm³/mol. The molecule has 26 heavy (non-hydrogen) atoms. The summed E-state index contributed by atoms with van der Waals surface area (Å²) in [5.74, 6) is -0.183. The van der Waals surface area contributed by atoms with Crippen LogP contribution in [0.2, 0.25) is 0 Å². The number of rotatable bonds is 4. The molecule has 3 N–H and O–H groups in total. The van der Waals surface area contributed by atoms with Crippen LogP contribution in [0, 0.1) is 0 Å². The molecule has 0 unspecified atom stereocenters. The van der Waals surface area contributed by atoms with Crippen molar-refractivity contribution in [3.63, 3.8) is 0 Å². The van der Waals surface area contributed by atoms with Crippen molar-refractivity contribution in [2.45, 2.75) is 49.9 Å². The molecule has 3 fully saturated rings. The van der Waals surface area contributed by atoms with E-state index in [-0.39, 0.29) is 24.0 Å². The van der Waals surface area contributed by atoms with Crippen molar-refractivity contribution in [2.24, 2.45) is 5.73 Å². The monoisotopic (exact) mass is 364 g/mol. The minimum Gasteiger partial charge on any atom is -0.379 e. The van der Waals surface area contributed by atoms with E-state index in [4.69, 9.17) is 15.2 Å². The maximum atomic E-state index is 12.6. The molecule has 9 nitrogen and oxygen atoms in total. The van der Waals surface area contributed by atoms with Gasteiger partial charge in [-0.1, -0.05) is 5.21 Å². The Morgan fingerprint density at radius 2 is 1.92 bits per heavy atom. The molecular weight excluding hydrogens is 336 g/mol. The zero-order valence-corrected chi connectivity index (χ0v) is 15.0. The molecule has 0 spiro atoms. The summed E-state index contributed by atoms with van der Waals surface area (Å²) >= 11 is 0. The highest BCUT2D eigenvalue weighted by molar-refractivity contribution is 5.92. The second-order valence-electron chi connectivity index (χ2n) is 7.49. The number of nitrogens with two attached hydrogens (primary N) is 1. The minimum atomic E-state index is -0.183. The first-order valence-corrected chi connectivity index (χ1v) is 9.58. The summed E-state index contributed by atoms with van der Waals surface area (Å²) < 4.78 is 12.9. The van der Waals surface area contributed by atoms with Crippen molar-refractivity contribution in [3.05, 3.63) is 11.9 Å². The highest BCUT2D eigenvalue weighted by Gasteiger charge is 2.35. The lowest BCUT2D eigenvalue weighted by molar-refractivity contribution is 0.0108. The van der Waals surface area contributed by atoms with Gasteiger partial charge in [-0.25, -0.2) is 4.68 Å². The van der Waals surface area contributed by atoms with Crippen molar-refractivity contribution in [3.8, 4) is 0 Å². The number of carbonyl (C=O) groups excluding carboxylic acids is 1. The number of nitrogens with zero attached hydrogens (tertiary/aromatic N) is 4. The average Bonchev–Trinajstić information content (AvgIpc) is 3.33. The van der Waals surface area contributed by atoms with Gasteiger partial charge in [0.1, 0.15) is 0 Å². The summed E-state index contributed by atoms with van der Waals surface area (Å²) in [4.78, 5) is 15.0. The number of nitrogens with one attached hydrogen (secondary N) is 1. The van der Waals surface area contributed by atoms with E-state index in [0.29, 0.717) is 24.9 Å². The fraction of sp³-hybridized carbons (Fsp3) is 0.824. The Hall–Kier alpha value is -1.55. The number of amides is 1. The summed E-state index contributed by atoms with van der Waals surface area (Å²) in [6.45, 7) is 4.39. The van der Waals surface area contributed by atoms with Crippen LogP contribution in [0.25, 0.3) is 0 Å². The van der Waals surface area contributed by atoms with Crippen LogP contribution in [0.1, 0.15) is 42.2 Å². The molecule has 9 heteroatoms. The number of carbonyl (C=O) groups is 1. The Morgan fingerprint density at radius 1 is 1.15 bits per heavy atom. The van der Waals surface area contributed by atoms with Gasteiger partial charge in [-0.15, -0.1) is 5.10 Å². The largest absolute Gasteiger partial charge is 0.379 e. The van der Waals surface area contributed by atoms with Gasteiger partial charge in [-0.3, -0.25) is 9.69 Å². The molecule has 0 radical (unpaired) electrons. The highest BCUT2D eigenvalue weighted by Crippen LogP contribution is 2.26. The molecule has 0 aromatic carbocycles. The highest BCUT2D eigenvalue weighted by atomic mass is 16.5. The zero-order chi connectivity index (χ0) is 17.9. The van der Waals surface area contributed by atoms with Gasteiger partial charge in [-0.05, 0) is 25.7 Å². The Bertz CT molecular complexity index is 609. The van der Waals surface area contributed by atoms with Crippen LogP contribution in [-0.4, -0.2) is 83.4 Å². The van der Waals surface area contributed by atoms with Crippen molar-refractivity contribution < 1.29 is 14.3 Å². The van der Waals surface area contributed by atoms with Crippen LogP contribution in [0.5, 0.6) is 0 Å². The van der Waals surface area contributed by atoms with Gasteiger partial charge in [0.2, 0.25) is 0 Å². The van der Waals surface area contributed by atoms with Crippen molar-refractivity contribution >= 4 is 5.91 Å². The first-order chi connectivity index (χ1) is 12.7. The second-order valence-corrected chi connectivity index (χ2v) is 7.49. The molecule has 1 aromatic rings. The van der Waals surface area contributed by atoms with E-state index in [1.54, 1.807) is 6.20 Å². The molecule has 2 saturated heterocycles. The van der Waals surface area contributed by atoms with Crippen LogP contribution < -0.4 is 11.1 Å². The van der Waals surface area contributed by atoms with Gasteiger partial charge in [0.15, 0.2) is 5.69 Å². The van der Waals surface area contributed by atoms with Gasteiger partial charge < -0.3 is 20.5 Å². The summed E-state index contributed by atoms with van der Waals surface area (Å²) in [5, 5.41) is 11.3. The van der Waals surface area contributed by atoms with Gasteiger partial charge in [0.05, 0.1) is 50.7 Å². The summed E-state index contributed by atoms with van der Waals surface area (Å²) in [6, 6.07) is 0.743. The lowest BCUT2D eigenvalue weighted by Gasteiger charge is -2.34. The molecule has 2 aliphatic heterocycles. The van der Waals surface area contributed by atoms with Gasteiger partial charge >= 0.3 is 0 Å². The van der Waals surface area contributed by atoms with Gasteiger partial charge in [0, 0.05) is 19.1 Å². The first-order valence-electron chi connectivity index (χ1n) is 9.58. The van der Waals surface area contributed by atoms with Crippen LogP contribution in [-0.2, 0) is 9.47 Å². The molecule has 1 aromatic heterocycles. The molecule has 1 saturated carbocycles. The smallest absolute Gasteiger partial charge is 0.273 e. The molecule has 0 bridgehead atoms. The number of ether oxygens (including phenoxy) is 2. The average molecular weight is 364 g/mol. The molecule has 1 amide bonds. The van der Waals surface area contributed by atoms with E-state index in [0.717, 1.165) is 52.0 Å². The minimum absolute atomic E-state index is 0.0292. The third-order valence-electron chi connectivity index (χ3n) is 5.74. The molecule has 3 heterocycles. The third kappa shape index (κ3) is 3.90. The van der Waals surface area contributed by atoms with Crippen LogP contribution in [0.4, 0.5) is 0 Å². The molecular formula is C17H28N6O3. The maximum Gasteiger partial charge on any atom is 0.273 e. The second kappa shape index (κ2) is 7.99. The van der Waals surface area contributed by atoms with Crippen LogP contribution in [0.3, 0.4) is 0 Å². The number of aromatic nitrogens is 3. The Morgan fingerprint density at radius 3 is 2.69 bits per heavy atom. The van der Waals surface area contributed by atoms with Crippen LogP contribution >= 0.6 is 0 Å². The molecule has 3 aliphatic rings. The van der Waals surface area contributed by atoms with Crippen molar-refractivity contribution in [1.82, 2.24) is 25.2 Å². The lowest BCUT2D eigenvalue weighted by atomic mass is 9.92. The van der Waals surface area contributed by atoms with Crippen LogP contribution in [0.15, 0.2) is 6.20 Å². The van der Waals surface area contributed by atoms with E-state index in [2.05, 4.69) is 20.5 Å². The van der Waals surface area contributed by atoms with E-state index in [1.165, 1.54) is 0 Å². The van der Waals surface area contributed by atoms with Gasteiger partial charge in [-0.2, -0.15) is 0 Å². The van der Waals surface area contributed by atoms with Crippen molar-refractivity contribution in [2.75, 3.05) is 39.5 Å². The van der Waals surface area contributed by atoms with E-state index in [9.17, 15) is 4.79 Å². The molecule has 2 atom stereocenters. The Kier molecular flexibility index (Phi) is 5.49. The maximum absolute atomic E-state index is 12.6. The third-order valence-corrected chi connectivity index (χ3v) is 5.74. The normalized spacial score (nSPS) is 33.3. The first kappa shape index (κ1) is 17.8. The van der Waals surface area contributed by atoms with Gasteiger partial charge in [0.25, 0.3) is 5.91 Å². The van der Waals surface area contributed by atoms with E-state index >= 15 is 0 Å². The number of hydrogen-bond acceptors (Lipinski definition) is 7. The topological polar surface area (TPSA) is 108 Å². The Balaban J connectivity index is 1.35. The fourth-order valence-corrected chi connectivity index (χ4v) is 4.12.